The van der Waals surface area contributed by atoms with Gasteiger partial charge in [-0.15, -0.1) is 0 Å². The van der Waals surface area contributed by atoms with Crippen molar-refractivity contribution in [3.8, 4) is 0 Å². The van der Waals surface area contributed by atoms with E-state index in [1.165, 1.54) is 30.2 Å². The van der Waals surface area contributed by atoms with Crippen LogP contribution in [-0.2, 0) is 6.54 Å². The van der Waals surface area contributed by atoms with Crippen LogP contribution < -0.4 is 0 Å². The Hall–Kier alpha value is -1.57. The number of nitrogens with zero attached hydrogens (tertiary/aromatic N) is 1. The van der Waals surface area contributed by atoms with Crippen LogP contribution in [0.1, 0.15) is 36.5 Å². The van der Waals surface area contributed by atoms with Crippen molar-refractivity contribution >= 4 is 16.7 Å². The van der Waals surface area contributed by atoms with Crippen LogP contribution in [0.2, 0.25) is 0 Å². The lowest BCUT2D eigenvalue weighted by Gasteiger charge is -2.26. The molecule has 0 unspecified atom stereocenters. The molecule has 1 aliphatic rings. The van der Waals surface area contributed by atoms with E-state index in [2.05, 4.69) is 22.9 Å². The van der Waals surface area contributed by atoms with Crippen molar-refractivity contribution in [2.45, 2.75) is 32.7 Å². The van der Waals surface area contributed by atoms with Gasteiger partial charge in [-0.3, -0.25) is 4.79 Å². The number of carbonyl (C=O) groups is 1. The summed E-state index contributed by atoms with van der Waals surface area (Å²) in [6.45, 7) is 2.75. The first-order valence-electron chi connectivity index (χ1n) is 6.34. The van der Waals surface area contributed by atoms with Gasteiger partial charge in [0.05, 0.1) is 0 Å². The van der Waals surface area contributed by atoms with E-state index in [0.717, 1.165) is 18.0 Å². The third-order valence-electron chi connectivity index (χ3n) is 3.86. The number of Topliss-reactive ketones (excluding diaryl/α,β-unsaturated/α-hetero) is 1. The highest BCUT2D eigenvalue weighted by atomic mass is 16.1. The molecule has 1 saturated carbocycles. The van der Waals surface area contributed by atoms with Crippen LogP contribution in [-0.4, -0.2) is 10.4 Å². The number of hydrogen-bond acceptors (Lipinski definition) is 1. The first-order chi connectivity index (χ1) is 8.24. The lowest BCUT2D eigenvalue weighted by Crippen LogP contribution is -2.17. The average molecular weight is 227 g/mol. The molecule has 0 spiro atoms. The van der Waals surface area contributed by atoms with Crippen LogP contribution in [0.4, 0.5) is 0 Å². The van der Waals surface area contributed by atoms with Gasteiger partial charge in [0.25, 0.3) is 0 Å². The molecule has 0 saturated heterocycles. The Balaban J connectivity index is 1.95. The van der Waals surface area contributed by atoms with E-state index in [-0.39, 0.29) is 5.78 Å². The molecular weight excluding hydrogens is 210 g/mol. The van der Waals surface area contributed by atoms with Crippen LogP contribution in [0.3, 0.4) is 0 Å². The van der Waals surface area contributed by atoms with Crippen LogP contribution in [0, 0.1) is 5.92 Å². The molecule has 1 aromatic carbocycles. The fourth-order valence-corrected chi connectivity index (χ4v) is 2.53. The van der Waals surface area contributed by atoms with Gasteiger partial charge in [0.2, 0.25) is 0 Å². The van der Waals surface area contributed by atoms with Crippen LogP contribution in [0.25, 0.3) is 10.9 Å². The standard InChI is InChI=1S/C15H17NO/c1-11(17)13-5-6-15-14(9-13)7-8-16(15)10-12-3-2-4-12/h5-9,12H,2-4,10H2,1H3. The Morgan fingerprint density at radius 2 is 2.18 bits per heavy atom. The normalized spacial score (nSPS) is 16.1. The maximum atomic E-state index is 11.3. The van der Waals surface area contributed by atoms with E-state index in [4.69, 9.17) is 0 Å². The fraction of sp³-hybridized carbons (Fsp3) is 0.400. The summed E-state index contributed by atoms with van der Waals surface area (Å²) >= 11 is 0. The SMILES string of the molecule is CC(=O)c1ccc2c(ccn2CC2CCC2)c1. The lowest BCUT2D eigenvalue weighted by atomic mass is 9.85. The predicted molar refractivity (Wildman–Crippen MR) is 69.3 cm³/mol. The summed E-state index contributed by atoms with van der Waals surface area (Å²) in [5.74, 6) is 0.997. The smallest absolute Gasteiger partial charge is 0.159 e. The third-order valence-corrected chi connectivity index (χ3v) is 3.86. The van der Waals surface area contributed by atoms with Crippen molar-refractivity contribution in [1.82, 2.24) is 4.57 Å². The molecule has 3 rings (SSSR count). The number of benzene rings is 1. The zero-order chi connectivity index (χ0) is 11.8. The molecule has 0 radical (unpaired) electrons. The number of carbonyl (C=O) groups excluding carboxylic acids is 1. The molecule has 2 nitrogen and oxygen atoms in total. The molecule has 1 heterocycles. The highest BCUT2D eigenvalue weighted by Gasteiger charge is 2.18. The third kappa shape index (κ3) is 1.88. The minimum Gasteiger partial charge on any atom is -0.347 e. The van der Waals surface area contributed by atoms with Gasteiger partial charge in [-0.25, -0.2) is 0 Å². The molecule has 17 heavy (non-hydrogen) atoms. The van der Waals surface area contributed by atoms with Gasteiger partial charge in [0.15, 0.2) is 5.78 Å². The molecule has 1 aliphatic carbocycles. The fourth-order valence-electron chi connectivity index (χ4n) is 2.53. The summed E-state index contributed by atoms with van der Waals surface area (Å²) in [6.07, 6.45) is 6.27. The Morgan fingerprint density at radius 1 is 1.35 bits per heavy atom. The number of rotatable bonds is 3. The average Bonchev–Trinajstić information content (AvgIpc) is 2.65. The molecule has 0 aliphatic heterocycles. The number of hydrogen-bond donors (Lipinski definition) is 0. The Kier molecular flexibility index (Phi) is 2.50. The molecule has 0 bridgehead atoms. The maximum Gasteiger partial charge on any atom is 0.159 e. The summed E-state index contributed by atoms with van der Waals surface area (Å²) < 4.78 is 2.32. The highest BCUT2D eigenvalue weighted by Crippen LogP contribution is 2.29. The van der Waals surface area contributed by atoms with Crippen LogP contribution in [0.15, 0.2) is 30.5 Å². The van der Waals surface area contributed by atoms with E-state index in [1.54, 1.807) is 6.92 Å². The number of fused-ring (bicyclic) bond motifs is 1. The second-order valence-corrected chi connectivity index (χ2v) is 5.09. The molecule has 88 valence electrons. The van der Waals surface area contributed by atoms with Crippen molar-refractivity contribution in [1.29, 1.82) is 0 Å². The largest absolute Gasteiger partial charge is 0.347 e. The number of ketones is 1. The molecule has 0 atom stereocenters. The zero-order valence-corrected chi connectivity index (χ0v) is 10.1. The zero-order valence-electron chi connectivity index (χ0n) is 10.1. The van der Waals surface area contributed by atoms with Crippen molar-refractivity contribution in [3.05, 3.63) is 36.0 Å². The van der Waals surface area contributed by atoms with Gasteiger partial charge in [0.1, 0.15) is 0 Å². The first kappa shape index (κ1) is 10.6. The summed E-state index contributed by atoms with van der Waals surface area (Å²) in [5.41, 5.74) is 2.06. The molecule has 2 heteroatoms. The second kappa shape index (κ2) is 4.02. The number of aromatic nitrogens is 1. The summed E-state index contributed by atoms with van der Waals surface area (Å²) in [6, 6.07) is 8.11. The Labute approximate surface area is 101 Å². The Bertz CT molecular complexity index is 563. The van der Waals surface area contributed by atoms with E-state index in [9.17, 15) is 4.79 Å². The summed E-state index contributed by atoms with van der Waals surface area (Å²) in [4.78, 5) is 11.3. The highest BCUT2D eigenvalue weighted by molar-refractivity contribution is 5.98. The first-order valence-corrected chi connectivity index (χ1v) is 6.34. The van der Waals surface area contributed by atoms with Crippen molar-refractivity contribution in [2.75, 3.05) is 0 Å². The van der Waals surface area contributed by atoms with Gasteiger partial charge in [0, 0.05) is 29.2 Å². The van der Waals surface area contributed by atoms with Gasteiger partial charge in [-0.1, -0.05) is 6.42 Å². The van der Waals surface area contributed by atoms with Gasteiger partial charge < -0.3 is 4.57 Å². The molecule has 1 fully saturated rings. The van der Waals surface area contributed by atoms with Crippen LogP contribution in [0.5, 0.6) is 0 Å². The van der Waals surface area contributed by atoms with Gasteiger partial charge in [-0.2, -0.15) is 0 Å². The Morgan fingerprint density at radius 3 is 2.82 bits per heavy atom. The second-order valence-electron chi connectivity index (χ2n) is 5.09. The van der Waals surface area contributed by atoms with E-state index < -0.39 is 0 Å². The molecular formula is C15H17NO. The quantitative estimate of drug-likeness (QED) is 0.734. The monoisotopic (exact) mass is 227 g/mol. The predicted octanol–water partition coefficient (Wildman–Crippen LogP) is 3.64. The minimum absolute atomic E-state index is 0.138. The molecule has 2 aromatic rings. The minimum atomic E-state index is 0.138. The van der Waals surface area contributed by atoms with E-state index >= 15 is 0 Å². The van der Waals surface area contributed by atoms with Crippen LogP contribution >= 0.6 is 0 Å². The molecule has 0 amide bonds. The van der Waals surface area contributed by atoms with E-state index in [0.29, 0.717) is 0 Å². The van der Waals surface area contributed by atoms with Crippen molar-refractivity contribution < 1.29 is 4.79 Å². The molecule has 1 aromatic heterocycles. The van der Waals surface area contributed by atoms with Gasteiger partial charge in [-0.05, 0) is 49.9 Å². The maximum absolute atomic E-state index is 11.3. The van der Waals surface area contributed by atoms with Crippen molar-refractivity contribution in [3.63, 3.8) is 0 Å². The van der Waals surface area contributed by atoms with E-state index in [1.807, 2.05) is 12.1 Å². The lowest BCUT2D eigenvalue weighted by molar-refractivity contribution is 0.101. The molecule has 0 N–H and O–H groups in total. The summed E-state index contributed by atoms with van der Waals surface area (Å²) in [5, 5.41) is 1.18. The summed E-state index contributed by atoms with van der Waals surface area (Å²) in [7, 11) is 0. The van der Waals surface area contributed by atoms with Gasteiger partial charge >= 0.3 is 0 Å². The van der Waals surface area contributed by atoms with Crippen molar-refractivity contribution in [2.24, 2.45) is 5.92 Å². The topological polar surface area (TPSA) is 22.0 Å².